The number of hydrogen-bond donors (Lipinski definition) is 1. The second-order valence-corrected chi connectivity index (χ2v) is 9.23. The lowest BCUT2D eigenvalue weighted by molar-refractivity contribution is 0.0946. The monoisotopic (exact) mass is 390 g/mol. The molecule has 1 amide bonds. The van der Waals surface area contributed by atoms with E-state index in [4.69, 9.17) is 0 Å². The number of carbonyl (C=O) groups is 1. The zero-order chi connectivity index (χ0) is 19.6. The molecule has 0 aliphatic carbocycles. The molecule has 1 fully saturated rings. The van der Waals surface area contributed by atoms with Gasteiger partial charge in [0.05, 0.1) is 17.1 Å². The van der Waals surface area contributed by atoms with Gasteiger partial charge in [0.2, 0.25) is 10.0 Å². The maximum Gasteiger partial charge on any atom is 0.251 e. The van der Waals surface area contributed by atoms with Gasteiger partial charge in [-0.2, -0.15) is 5.10 Å². The van der Waals surface area contributed by atoms with Crippen LogP contribution in [0.2, 0.25) is 0 Å². The van der Waals surface area contributed by atoms with E-state index in [1.807, 2.05) is 24.6 Å². The maximum absolute atomic E-state index is 12.5. The smallest absolute Gasteiger partial charge is 0.251 e. The van der Waals surface area contributed by atoms with Crippen LogP contribution >= 0.6 is 0 Å². The Balaban J connectivity index is 1.61. The Hall–Kier alpha value is -2.35. The van der Waals surface area contributed by atoms with Crippen molar-refractivity contribution in [2.24, 2.45) is 5.92 Å². The highest BCUT2D eigenvalue weighted by atomic mass is 32.2. The largest absolute Gasteiger partial charge is 0.352 e. The summed E-state index contributed by atoms with van der Waals surface area (Å²) < 4.78 is 27.5. The van der Waals surface area contributed by atoms with E-state index in [1.165, 1.54) is 4.31 Å². The molecule has 0 spiro atoms. The Bertz CT molecular complexity index is 936. The van der Waals surface area contributed by atoms with Gasteiger partial charge in [0.15, 0.2) is 0 Å². The van der Waals surface area contributed by atoms with Crippen LogP contribution in [0.25, 0.3) is 0 Å². The van der Waals surface area contributed by atoms with Crippen molar-refractivity contribution in [3.8, 4) is 0 Å². The van der Waals surface area contributed by atoms with Gasteiger partial charge in [-0.05, 0) is 50.5 Å². The number of benzene rings is 1. The molecule has 0 bridgehead atoms. The molecule has 0 saturated carbocycles. The molecule has 7 nitrogen and oxygen atoms in total. The van der Waals surface area contributed by atoms with Crippen molar-refractivity contribution in [3.05, 3.63) is 47.3 Å². The summed E-state index contributed by atoms with van der Waals surface area (Å²) in [6.45, 7) is 7.75. The van der Waals surface area contributed by atoms with Gasteiger partial charge >= 0.3 is 0 Å². The van der Waals surface area contributed by atoms with Crippen LogP contribution in [0.5, 0.6) is 0 Å². The summed E-state index contributed by atoms with van der Waals surface area (Å²) in [5.41, 5.74) is 3.10. The van der Waals surface area contributed by atoms with E-state index in [1.54, 1.807) is 24.3 Å². The number of nitrogens with zero attached hydrogens (tertiary/aromatic N) is 3. The van der Waals surface area contributed by atoms with Crippen LogP contribution in [-0.4, -0.2) is 42.9 Å². The van der Waals surface area contributed by atoms with Crippen LogP contribution in [0.1, 0.15) is 35.1 Å². The first kappa shape index (κ1) is 19.4. The summed E-state index contributed by atoms with van der Waals surface area (Å²) in [5.74, 6) is 0.176. The van der Waals surface area contributed by atoms with Crippen molar-refractivity contribution in [3.63, 3.8) is 0 Å². The summed E-state index contributed by atoms with van der Waals surface area (Å²) in [5, 5.41) is 7.38. The Morgan fingerprint density at radius 2 is 2.07 bits per heavy atom. The lowest BCUT2D eigenvalue weighted by Gasteiger charge is -2.18. The fourth-order valence-electron chi connectivity index (χ4n) is 3.32. The highest BCUT2D eigenvalue weighted by Gasteiger charge is 2.28. The van der Waals surface area contributed by atoms with Crippen LogP contribution in [0.4, 0.5) is 5.69 Å². The lowest BCUT2D eigenvalue weighted by atomic mass is 10.1. The van der Waals surface area contributed by atoms with Crippen LogP contribution in [0, 0.1) is 19.8 Å². The van der Waals surface area contributed by atoms with Gasteiger partial charge in [-0.1, -0.05) is 13.0 Å². The molecular weight excluding hydrogens is 364 g/mol. The number of aromatic nitrogens is 2. The molecule has 1 aromatic heterocycles. The maximum atomic E-state index is 12.5. The first-order valence-electron chi connectivity index (χ1n) is 9.16. The Morgan fingerprint density at radius 3 is 2.70 bits per heavy atom. The third-order valence-electron chi connectivity index (χ3n) is 4.69. The Kier molecular flexibility index (Phi) is 5.55. The molecule has 8 heteroatoms. The van der Waals surface area contributed by atoms with Crippen molar-refractivity contribution < 1.29 is 13.2 Å². The summed E-state index contributed by atoms with van der Waals surface area (Å²) in [6, 6.07) is 8.82. The Labute approximate surface area is 160 Å². The second-order valence-electron chi connectivity index (χ2n) is 7.22. The zero-order valence-electron chi connectivity index (χ0n) is 16.0. The molecule has 2 heterocycles. The first-order valence-corrected chi connectivity index (χ1v) is 10.8. The number of carbonyl (C=O) groups excluding carboxylic acids is 1. The molecule has 1 saturated heterocycles. The SMILES string of the molecule is Cc1cc(C)n(C[C@@H](C)CNC(=O)c2cccc(N3CCCS3(=O)=O)c2)n1. The minimum absolute atomic E-state index is 0.160. The first-order chi connectivity index (χ1) is 12.8. The number of anilines is 1. The molecule has 1 N–H and O–H groups in total. The van der Waals surface area contributed by atoms with Crippen LogP contribution in [-0.2, 0) is 16.6 Å². The number of rotatable bonds is 6. The van der Waals surface area contributed by atoms with Gasteiger partial charge in [0.1, 0.15) is 0 Å². The standard InChI is InChI=1S/C19H26N4O3S/c1-14(13-22-16(3)10-15(2)21-22)12-20-19(24)17-6-4-7-18(11-17)23-8-5-9-27(23,25)26/h4,6-7,10-11,14H,5,8-9,12-13H2,1-3H3,(H,20,24)/t14-/m0/s1. The quantitative estimate of drug-likeness (QED) is 0.819. The summed E-state index contributed by atoms with van der Waals surface area (Å²) in [4.78, 5) is 12.5. The number of sulfonamides is 1. The molecule has 146 valence electrons. The van der Waals surface area contributed by atoms with Gasteiger partial charge in [-0.15, -0.1) is 0 Å². The highest BCUT2D eigenvalue weighted by Crippen LogP contribution is 2.24. The lowest BCUT2D eigenvalue weighted by Crippen LogP contribution is -2.31. The molecule has 1 atom stereocenters. The topological polar surface area (TPSA) is 84.3 Å². The van der Waals surface area contributed by atoms with Crippen LogP contribution in [0.3, 0.4) is 0 Å². The summed E-state index contributed by atoms with van der Waals surface area (Å²) >= 11 is 0. The highest BCUT2D eigenvalue weighted by molar-refractivity contribution is 7.93. The number of nitrogens with one attached hydrogen (secondary N) is 1. The van der Waals surface area contributed by atoms with Gasteiger partial charge < -0.3 is 5.32 Å². The Morgan fingerprint density at radius 1 is 1.30 bits per heavy atom. The van der Waals surface area contributed by atoms with Crippen LogP contribution < -0.4 is 9.62 Å². The molecule has 1 aromatic carbocycles. The van der Waals surface area contributed by atoms with Gasteiger partial charge in [0.25, 0.3) is 5.91 Å². The number of amides is 1. The van der Waals surface area contributed by atoms with Crippen molar-refractivity contribution in [1.29, 1.82) is 0 Å². The second kappa shape index (κ2) is 7.72. The van der Waals surface area contributed by atoms with Crippen molar-refractivity contribution in [2.45, 2.75) is 33.7 Å². The molecule has 2 aromatic rings. The van der Waals surface area contributed by atoms with E-state index in [0.29, 0.717) is 30.8 Å². The number of hydrogen-bond acceptors (Lipinski definition) is 4. The average molecular weight is 391 g/mol. The van der Waals surface area contributed by atoms with Crippen molar-refractivity contribution >= 4 is 21.6 Å². The van der Waals surface area contributed by atoms with Crippen molar-refractivity contribution in [1.82, 2.24) is 15.1 Å². The third-order valence-corrected chi connectivity index (χ3v) is 6.56. The molecule has 0 radical (unpaired) electrons. The molecule has 1 aliphatic rings. The van der Waals surface area contributed by atoms with Crippen LogP contribution in [0.15, 0.2) is 30.3 Å². The van der Waals surface area contributed by atoms with Gasteiger partial charge in [-0.3, -0.25) is 13.8 Å². The molecule has 3 rings (SSSR count). The fraction of sp³-hybridized carbons (Fsp3) is 0.474. The third kappa shape index (κ3) is 4.50. The molecule has 0 unspecified atom stereocenters. The zero-order valence-corrected chi connectivity index (χ0v) is 16.8. The van der Waals surface area contributed by atoms with E-state index < -0.39 is 10.0 Å². The van der Waals surface area contributed by atoms with E-state index in [0.717, 1.165) is 17.9 Å². The normalized spacial score (nSPS) is 17.1. The van der Waals surface area contributed by atoms with Gasteiger partial charge in [-0.25, -0.2) is 8.42 Å². The predicted molar refractivity (Wildman–Crippen MR) is 105 cm³/mol. The molecule has 27 heavy (non-hydrogen) atoms. The van der Waals surface area contributed by atoms with Crippen molar-refractivity contribution in [2.75, 3.05) is 23.1 Å². The average Bonchev–Trinajstić information content (AvgIpc) is 3.13. The van der Waals surface area contributed by atoms with E-state index in [9.17, 15) is 13.2 Å². The minimum Gasteiger partial charge on any atom is -0.352 e. The summed E-state index contributed by atoms with van der Waals surface area (Å²) in [6.07, 6.45) is 0.614. The predicted octanol–water partition coefficient (Wildman–Crippen LogP) is 2.11. The minimum atomic E-state index is -3.25. The molecular formula is C19H26N4O3S. The number of aryl methyl sites for hydroxylation is 2. The summed E-state index contributed by atoms with van der Waals surface area (Å²) in [7, 11) is -3.25. The van der Waals surface area contributed by atoms with Gasteiger partial charge in [0, 0.05) is 30.9 Å². The van der Waals surface area contributed by atoms with E-state index >= 15 is 0 Å². The molecule has 1 aliphatic heterocycles. The van der Waals surface area contributed by atoms with E-state index in [2.05, 4.69) is 17.3 Å². The fourth-order valence-corrected chi connectivity index (χ4v) is 4.88. The van der Waals surface area contributed by atoms with E-state index in [-0.39, 0.29) is 17.6 Å².